The second kappa shape index (κ2) is 5.94. The van der Waals surface area contributed by atoms with Crippen molar-refractivity contribution in [1.29, 1.82) is 0 Å². The van der Waals surface area contributed by atoms with Gasteiger partial charge in [-0.3, -0.25) is 4.40 Å². The van der Waals surface area contributed by atoms with Gasteiger partial charge in [0.1, 0.15) is 11.6 Å². The molecule has 0 saturated carbocycles. The monoisotopic (exact) mass is 345 g/mol. The van der Waals surface area contributed by atoms with E-state index in [-0.39, 0.29) is 0 Å². The summed E-state index contributed by atoms with van der Waals surface area (Å²) in [6, 6.07) is 14.2. The van der Waals surface area contributed by atoms with E-state index in [0.717, 1.165) is 60.3 Å². The molecule has 0 bridgehead atoms. The lowest BCUT2D eigenvalue weighted by molar-refractivity contribution is 0.643. The largest absolute Gasteiger partial charge is 0.353 e. The van der Waals surface area contributed by atoms with E-state index in [2.05, 4.69) is 41.5 Å². The van der Waals surface area contributed by atoms with Gasteiger partial charge in [-0.15, -0.1) is 10.2 Å². The topological polar surface area (TPSA) is 62.5 Å². The van der Waals surface area contributed by atoms with Crippen LogP contribution in [0.25, 0.3) is 16.7 Å². The first-order chi connectivity index (χ1) is 12.8. The summed E-state index contributed by atoms with van der Waals surface area (Å²) in [4.78, 5) is 14.0. The van der Waals surface area contributed by atoms with Crippen LogP contribution < -0.4 is 9.80 Å². The molecule has 4 aromatic rings. The van der Waals surface area contributed by atoms with Gasteiger partial charge in [0, 0.05) is 32.4 Å². The molecule has 0 N–H and O–H groups in total. The number of aryl methyl sites for hydroxylation is 1. The first-order valence-corrected chi connectivity index (χ1v) is 8.83. The standard InChI is InChI=1S/C19H19N7/c1-14-22-23-19-18(21-15-6-2-3-7-16(15)26(14)19)25-12-10-24(11-13-25)17-8-4-5-9-20-17/h2-9H,10-13H2,1H3. The number of nitrogens with zero attached hydrogens (tertiary/aromatic N) is 7. The molecule has 1 fully saturated rings. The number of rotatable bonds is 2. The fourth-order valence-corrected chi connectivity index (χ4v) is 3.61. The molecule has 0 unspecified atom stereocenters. The third-order valence-corrected chi connectivity index (χ3v) is 4.93. The van der Waals surface area contributed by atoms with Gasteiger partial charge in [0.05, 0.1) is 11.0 Å². The third kappa shape index (κ3) is 2.35. The molecule has 26 heavy (non-hydrogen) atoms. The summed E-state index contributed by atoms with van der Waals surface area (Å²) >= 11 is 0. The lowest BCUT2D eigenvalue weighted by Crippen LogP contribution is -2.47. The molecule has 1 saturated heterocycles. The second-order valence-electron chi connectivity index (χ2n) is 6.49. The van der Waals surface area contributed by atoms with E-state index in [0.29, 0.717) is 0 Å². The van der Waals surface area contributed by atoms with Crippen molar-refractivity contribution < 1.29 is 0 Å². The average molecular weight is 345 g/mol. The molecule has 0 spiro atoms. The van der Waals surface area contributed by atoms with Gasteiger partial charge in [-0.05, 0) is 31.2 Å². The van der Waals surface area contributed by atoms with Gasteiger partial charge >= 0.3 is 0 Å². The fourth-order valence-electron chi connectivity index (χ4n) is 3.61. The van der Waals surface area contributed by atoms with Gasteiger partial charge in [-0.25, -0.2) is 9.97 Å². The summed E-state index contributed by atoms with van der Waals surface area (Å²) in [6.07, 6.45) is 1.84. The molecular formula is C19H19N7. The molecule has 5 rings (SSSR count). The van der Waals surface area contributed by atoms with Crippen molar-refractivity contribution in [3.63, 3.8) is 0 Å². The number of aromatic nitrogens is 5. The van der Waals surface area contributed by atoms with Crippen molar-refractivity contribution in [2.24, 2.45) is 0 Å². The molecule has 7 nitrogen and oxygen atoms in total. The van der Waals surface area contributed by atoms with Crippen LogP contribution in [0.4, 0.5) is 11.6 Å². The highest BCUT2D eigenvalue weighted by Gasteiger charge is 2.23. The van der Waals surface area contributed by atoms with Crippen molar-refractivity contribution in [1.82, 2.24) is 24.6 Å². The molecule has 0 amide bonds. The van der Waals surface area contributed by atoms with Crippen LogP contribution in [0.15, 0.2) is 48.7 Å². The average Bonchev–Trinajstić information content (AvgIpc) is 3.10. The number of benzene rings is 1. The van der Waals surface area contributed by atoms with Crippen LogP contribution in [0.1, 0.15) is 5.82 Å². The molecular weight excluding hydrogens is 326 g/mol. The Morgan fingerprint density at radius 1 is 0.846 bits per heavy atom. The van der Waals surface area contributed by atoms with Crippen LogP contribution in [0.3, 0.4) is 0 Å². The van der Waals surface area contributed by atoms with E-state index >= 15 is 0 Å². The smallest absolute Gasteiger partial charge is 0.204 e. The van der Waals surface area contributed by atoms with Crippen LogP contribution in [-0.4, -0.2) is 50.7 Å². The van der Waals surface area contributed by atoms with Gasteiger partial charge in [0.25, 0.3) is 0 Å². The highest BCUT2D eigenvalue weighted by Crippen LogP contribution is 2.25. The zero-order valence-electron chi connectivity index (χ0n) is 14.6. The van der Waals surface area contributed by atoms with Crippen molar-refractivity contribution in [2.75, 3.05) is 36.0 Å². The van der Waals surface area contributed by atoms with Crippen molar-refractivity contribution in [2.45, 2.75) is 6.92 Å². The third-order valence-electron chi connectivity index (χ3n) is 4.93. The first-order valence-electron chi connectivity index (χ1n) is 8.83. The predicted molar refractivity (Wildman–Crippen MR) is 102 cm³/mol. The molecule has 0 atom stereocenters. The Morgan fingerprint density at radius 3 is 2.42 bits per heavy atom. The highest BCUT2D eigenvalue weighted by molar-refractivity contribution is 5.83. The molecule has 0 radical (unpaired) electrons. The lowest BCUT2D eigenvalue weighted by Gasteiger charge is -2.36. The highest BCUT2D eigenvalue weighted by atomic mass is 15.3. The molecule has 3 aromatic heterocycles. The number of fused-ring (bicyclic) bond motifs is 3. The first kappa shape index (κ1) is 15.1. The van der Waals surface area contributed by atoms with E-state index in [4.69, 9.17) is 4.98 Å². The maximum atomic E-state index is 4.91. The minimum Gasteiger partial charge on any atom is -0.353 e. The summed E-state index contributed by atoms with van der Waals surface area (Å²) in [6.45, 7) is 5.55. The Morgan fingerprint density at radius 2 is 1.62 bits per heavy atom. The van der Waals surface area contributed by atoms with Crippen molar-refractivity contribution in [3.8, 4) is 0 Å². The number of para-hydroxylation sites is 2. The van der Waals surface area contributed by atoms with E-state index in [1.807, 2.05) is 43.5 Å². The van der Waals surface area contributed by atoms with E-state index in [9.17, 15) is 0 Å². The van der Waals surface area contributed by atoms with Crippen LogP contribution in [0, 0.1) is 6.92 Å². The summed E-state index contributed by atoms with van der Waals surface area (Å²) < 4.78 is 2.10. The fraction of sp³-hybridized carbons (Fsp3) is 0.263. The number of hydrogen-bond donors (Lipinski definition) is 0. The van der Waals surface area contributed by atoms with Gasteiger partial charge in [-0.2, -0.15) is 0 Å². The summed E-state index contributed by atoms with van der Waals surface area (Å²) in [7, 11) is 0. The Balaban J connectivity index is 1.51. The summed E-state index contributed by atoms with van der Waals surface area (Å²) in [5.74, 6) is 2.82. The molecule has 1 aromatic carbocycles. The van der Waals surface area contributed by atoms with Crippen LogP contribution in [0.5, 0.6) is 0 Å². The number of hydrogen-bond acceptors (Lipinski definition) is 6. The van der Waals surface area contributed by atoms with Crippen molar-refractivity contribution in [3.05, 3.63) is 54.5 Å². The maximum absolute atomic E-state index is 4.91. The SMILES string of the molecule is Cc1nnc2c(N3CCN(c4ccccn4)CC3)nc3ccccc3n12. The minimum atomic E-state index is 0.826. The Labute approximate surface area is 150 Å². The zero-order chi connectivity index (χ0) is 17.5. The summed E-state index contributed by atoms with van der Waals surface area (Å²) in [5, 5.41) is 8.69. The molecule has 0 aliphatic carbocycles. The van der Waals surface area contributed by atoms with E-state index in [1.54, 1.807) is 0 Å². The normalized spacial score (nSPS) is 15.1. The van der Waals surface area contributed by atoms with Crippen LogP contribution >= 0.6 is 0 Å². The number of anilines is 2. The number of piperazine rings is 1. The van der Waals surface area contributed by atoms with Gasteiger partial charge in [-0.1, -0.05) is 18.2 Å². The Kier molecular flexibility index (Phi) is 3.44. The molecule has 1 aliphatic rings. The molecule has 4 heterocycles. The minimum absolute atomic E-state index is 0.826. The zero-order valence-corrected chi connectivity index (χ0v) is 14.6. The van der Waals surface area contributed by atoms with Crippen LogP contribution in [-0.2, 0) is 0 Å². The van der Waals surface area contributed by atoms with E-state index in [1.165, 1.54) is 0 Å². The molecule has 130 valence electrons. The van der Waals surface area contributed by atoms with Gasteiger partial charge in [0.15, 0.2) is 5.82 Å². The maximum Gasteiger partial charge on any atom is 0.204 e. The van der Waals surface area contributed by atoms with Crippen molar-refractivity contribution >= 4 is 28.3 Å². The quantitative estimate of drug-likeness (QED) is 0.556. The predicted octanol–water partition coefficient (Wildman–Crippen LogP) is 2.31. The molecule has 1 aliphatic heterocycles. The van der Waals surface area contributed by atoms with Gasteiger partial charge in [0.2, 0.25) is 5.65 Å². The summed E-state index contributed by atoms with van der Waals surface area (Å²) in [5.41, 5.74) is 2.83. The Bertz CT molecular complexity index is 1070. The van der Waals surface area contributed by atoms with Gasteiger partial charge < -0.3 is 9.80 Å². The number of pyridine rings is 1. The lowest BCUT2D eigenvalue weighted by atomic mass is 10.2. The second-order valence-corrected chi connectivity index (χ2v) is 6.49. The van der Waals surface area contributed by atoms with Crippen LogP contribution in [0.2, 0.25) is 0 Å². The molecule has 7 heteroatoms. The Hall–Kier alpha value is -3.22. The van der Waals surface area contributed by atoms with E-state index < -0.39 is 0 Å².